The molecule has 0 saturated carbocycles. The van der Waals surface area contributed by atoms with Gasteiger partial charge >= 0.3 is 0 Å². The summed E-state index contributed by atoms with van der Waals surface area (Å²) >= 11 is 0. The zero-order valence-electron chi connectivity index (χ0n) is 12.1. The highest BCUT2D eigenvalue weighted by molar-refractivity contribution is 6.16. The van der Waals surface area contributed by atoms with Gasteiger partial charge in [-0.15, -0.1) is 0 Å². The maximum atomic E-state index is 11.3. The van der Waals surface area contributed by atoms with Crippen molar-refractivity contribution in [3.8, 4) is 0 Å². The van der Waals surface area contributed by atoms with Crippen LogP contribution in [0.25, 0.3) is 0 Å². The van der Waals surface area contributed by atoms with Crippen molar-refractivity contribution in [3.05, 3.63) is 70.8 Å². The number of aryl methyl sites for hydroxylation is 1. The van der Waals surface area contributed by atoms with Crippen molar-refractivity contribution in [1.29, 1.82) is 5.41 Å². The molecule has 1 amide bonds. The molecule has 3 nitrogen and oxygen atoms in total. The summed E-state index contributed by atoms with van der Waals surface area (Å²) in [6, 6.07) is 14.5. The first-order chi connectivity index (χ1) is 9.59. The number of nitrogens with one attached hydrogen (secondary N) is 1. The van der Waals surface area contributed by atoms with Crippen LogP contribution in [-0.2, 0) is 0 Å². The van der Waals surface area contributed by atoms with Gasteiger partial charge in [0, 0.05) is 16.7 Å². The van der Waals surface area contributed by atoms with Crippen molar-refractivity contribution >= 4 is 11.6 Å². The molecule has 0 aliphatic heterocycles. The Bertz CT molecular complexity index is 601. The van der Waals surface area contributed by atoms with Gasteiger partial charge in [-0.25, -0.2) is 0 Å². The second-order valence-electron chi connectivity index (χ2n) is 4.15. The lowest BCUT2D eigenvalue weighted by atomic mass is 9.97. The highest BCUT2D eigenvalue weighted by Crippen LogP contribution is 2.14. The molecule has 0 saturated heterocycles. The summed E-state index contributed by atoms with van der Waals surface area (Å²) < 4.78 is 0. The van der Waals surface area contributed by atoms with Gasteiger partial charge in [-0.05, 0) is 13.0 Å². The first kappa shape index (κ1) is 15.6. The zero-order chi connectivity index (χ0) is 15.1. The molecule has 104 valence electrons. The van der Waals surface area contributed by atoms with Crippen LogP contribution in [0, 0.1) is 12.3 Å². The van der Waals surface area contributed by atoms with Crippen LogP contribution >= 0.6 is 0 Å². The molecule has 3 N–H and O–H groups in total. The van der Waals surface area contributed by atoms with Crippen molar-refractivity contribution in [3.63, 3.8) is 0 Å². The lowest BCUT2D eigenvalue weighted by Crippen LogP contribution is -2.16. The highest BCUT2D eigenvalue weighted by Gasteiger charge is 2.12. The number of hydrogen-bond acceptors (Lipinski definition) is 2. The maximum Gasteiger partial charge on any atom is 0.249 e. The van der Waals surface area contributed by atoms with Crippen LogP contribution < -0.4 is 5.73 Å². The van der Waals surface area contributed by atoms with Crippen molar-refractivity contribution in [2.24, 2.45) is 5.73 Å². The molecule has 0 aromatic heterocycles. The Balaban J connectivity index is 0.000000956. The van der Waals surface area contributed by atoms with E-state index < -0.39 is 5.91 Å². The van der Waals surface area contributed by atoms with Crippen LogP contribution in [0.2, 0.25) is 0 Å². The van der Waals surface area contributed by atoms with Crippen LogP contribution in [0.1, 0.15) is 40.9 Å². The monoisotopic (exact) mass is 268 g/mol. The van der Waals surface area contributed by atoms with Gasteiger partial charge in [-0.2, -0.15) is 0 Å². The van der Waals surface area contributed by atoms with Crippen LogP contribution in [0.4, 0.5) is 0 Å². The van der Waals surface area contributed by atoms with Crippen LogP contribution in [0.3, 0.4) is 0 Å². The van der Waals surface area contributed by atoms with E-state index in [-0.39, 0.29) is 0 Å². The molecular weight excluding hydrogens is 248 g/mol. The van der Waals surface area contributed by atoms with E-state index in [0.717, 1.165) is 11.1 Å². The quantitative estimate of drug-likeness (QED) is 0.821. The number of rotatable bonds is 3. The fourth-order valence-electron chi connectivity index (χ4n) is 1.79. The first-order valence-corrected chi connectivity index (χ1v) is 6.64. The topological polar surface area (TPSA) is 66.9 Å². The molecule has 0 fully saturated rings. The molecule has 0 aliphatic rings. The lowest BCUT2D eigenvalue weighted by molar-refractivity contribution is 0.1000. The third kappa shape index (κ3) is 3.54. The van der Waals surface area contributed by atoms with Crippen LogP contribution in [-0.4, -0.2) is 11.6 Å². The van der Waals surface area contributed by atoms with E-state index >= 15 is 0 Å². The van der Waals surface area contributed by atoms with E-state index in [2.05, 4.69) is 0 Å². The SMILES string of the molecule is CC.Cc1ccc(C(=N)c2ccccc2C(N)=O)cc1. The zero-order valence-corrected chi connectivity index (χ0v) is 12.1. The predicted octanol–water partition coefficient (Wildman–Crippen LogP) is 3.54. The number of amides is 1. The van der Waals surface area contributed by atoms with Gasteiger partial charge in [0.05, 0.1) is 5.71 Å². The first-order valence-electron chi connectivity index (χ1n) is 6.64. The molecule has 0 radical (unpaired) electrons. The Morgan fingerprint density at radius 1 is 0.950 bits per heavy atom. The van der Waals surface area contributed by atoms with Gasteiger partial charge in [0.1, 0.15) is 0 Å². The fraction of sp³-hybridized carbons (Fsp3) is 0.176. The smallest absolute Gasteiger partial charge is 0.249 e. The van der Waals surface area contributed by atoms with Gasteiger partial charge < -0.3 is 5.73 Å². The summed E-state index contributed by atoms with van der Waals surface area (Å²) in [5.74, 6) is -0.512. The minimum atomic E-state index is -0.512. The third-order valence-corrected chi connectivity index (χ3v) is 2.80. The molecule has 0 unspecified atom stereocenters. The van der Waals surface area contributed by atoms with Gasteiger partial charge in [-0.3, -0.25) is 10.2 Å². The molecule has 0 atom stereocenters. The summed E-state index contributed by atoms with van der Waals surface area (Å²) in [5, 5.41) is 8.17. The molecule has 20 heavy (non-hydrogen) atoms. The predicted molar refractivity (Wildman–Crippen MR) is 83.4 cm³/mol. The van der Waals surface area contributed by atoms with Crippen molar-refractivity contribution in [2.75, 3.05) is 0 Å². The summed E-state index contributed by atoms with van der Waals surface area (Å²) in [6.45, 7) is 5.99. The standard InChI is InChI=1S/C15H14N2O.C2H6/c1-10-6-8-11(9-7-10)14(16)12-4-2-3-5-13(12)15(17)18;1-2/h2-9,16H,1H3,(H2,17,18);1-2H3. The van der Waals surface area contributed by atoms with Crippen LogP contribution in [0.5, 0.6) is 0 Å². The Morgan fingerprint density at radius 3 is 1.95 bits per heavy atom. The second kappa shape index (κ2) is 7.24. The number of carbonyl (C=O) groups is 1. The van der Waals surface area contributed by atoms with E-state index in [1.165, 1.54) is 0 Å². The van der Waals surface area contributed by atoms with Gasteiger partial charge in [0.15, 0.2) is 0 Å². The van der Waals surface area contributed by atoms with Gasteiger partial charge in [-0.1, -0.05) is 61.9 Å². The van der Waals surface area contributed by atoms with E-state index in [0.29, 0.717) is 16.8 Å². The van der Waals surface area contributed by atoms with E-state index in [9.17, 15) is 4.79 Å². The molecule has 2 rings (SSSR count). The van der Waals surface area contributed by atoms with Crippen LogP contribution in [0.15, 0.2) is 48.5 Å². The van der Waals surface area contributed by atoms with Crippen molar-refractivity contribution in [1.82, 2.24) is 0 Å². The molecule has 0 spiro atoms. The summed E-state index contributed by atoms with van der Waals surface area (Å²) in [6.07, 6.45) is 0. The number of benzene rings is 2. The number of hydrogen-bond donors (Lipinski definition) is 2. The Hall–Kier alpha value is -2.42. The normalized spacial score (nSPS) is 9.35. The highest BCUT2D eigenvalue weighted by atomic mass is 16.1. The minimum absolute atomic E-state index is 0.310. The van der Waals surface area contributed by atoms with E-state index in [4.69, 9.17) is 11.1 Å². The maximum absolute atomic E-state index is 11.3. The molecule has 2 aromatic rings. The Kier molecular flexibility index (Phi) is 5.66. The summed E-state index contributed by atoms with van der Waals surface area (Å²) in [5.41, 5.74) is 8.48. The number of primary amides is 1. The average Bonchev–Trinajstić information content (AvgIpc) is 2.49. The Labute approximate surface area is 120 Å². The van der Waals surface area contributed by atoms with Crippen molar-refractivity contribution < 1.29 is 4.79 Å². The van der Waals surface area contributed by atoms with E-state index in [1.807, 2.05) is 45.0 Å². The third-order valence-electron chi connectivity index (χ3n) is 2.80. The lowest BCUT2D eigenvalue weighted by Gasteiger charge is -2.08. The fourth-order valence-corrected chi connectivity index (χ4v) is 1.79. The van der Waals surface area contributed by atoms with Gasteiger partial charge in [0.25, 0.3) is 0 Å². The van der Waals surface area contributed by atoms with E-state index in [1.54, 1.807) is 24.3 Å². The average molecular weight is 268 g/mol. The second-order valence-corrected chi connectivity index (χ2v) is 4.15. The Morgan fingerprint density at radius 2 is 1.45 bits per heavy atom. The number of carbonyl (C=O) groups excluding carboxylic acids is 1. The molecule has 0 heterocycles. The molecule has 0 aliphatic carbocycles. The van der Waals surface area contributed by atoms with Crippen molar-refractivity contribution in [2.45, 2.75) is 20.8 Å². The molecule has 0 bridgehead atoms. The minimum Gasteiger partial charge on any atom is -0.366 e. The summed E-state index contributed by atoms with van der Waals surface area (Å²) in [4.78, 5) is 11.3. The molecular formula is C17H20N2O. The molecule has 3 heteroatoms. The van der Waals surface area contributed by atoms with Gasteiger partial charge in [0.2, 0.25) is 5.91 Å². The summed E-state index contributed by atoms with van der Waals surface area (Å²) in [7, 11) is 0. The number of nitrogens with two attached hydrogens (primary N) is 1. The molecule has 2 aromatic carbocycles. The largest absolute Gasteiger partial charge is 0.366 e.